The number of hydrogen-bond acceptors (Lipinski definition) is 7. The Morgan fingerprint density at radius 1 is 1.11 bits per heavy atom. The Morgan fingerprint density at radius 3 is 2.64 bits per heavy atom. The van der Waals surface area contributed by atoms with E-state index < -0.39 is 11.9 Å². The maximum Gasteiger partial charge on any atom is 0.338 e. The van der Waals surface area contributed by atoms with Crippen molar-refractivity contribution >= 4 is 45.3 Å². The van der Waals surface area contributed by atoms with E-state index >= 15 is 0 Å². The van der Waals surface area contributed by atoms with Gasteiger partial charge in [0.1, 0.15) is 11.2 Å². The van der Waals surface area contributed by atoms with Crippen LogP contribution in [0.1, 0.15) is 44.8 Å². The summed E-state index contributed by atoms with van der Waals surface area (Å²) in [6, 6.07) is 13.9. The molecule has 0 saturated carbocycles. The minimum absolute atomic E-state index is 0.167. The van der Waals surface area contributed by atoms with Crippen molar-refractivity contribution in [2.75, 3.05) is 11.9 Å². The third kappa shape index (κ3) is 5.11. The lowest BCUT2D eigenvalue weighted by Crippen LogP contribution is -2.20. The van der Waals surface area contributed by atoms with Crippen LogP contribution in [0.15, 0.2) is 64.8 Å². The second-order valence-electron chi connectivity index (χ2n) is 8.64. The number of nitrogens with one attached hydrogen (secondary N) is 1. The van der Waals surface area contributed by atoms with Crippen LogP contribution < -0.4 is 10.9 Å². The van der Waals surface area contributed by atoms with Gasteiger partial charge in [0.05, 0.1) is 17.2 Å². The van der Waals surface area contributed by atoms with E-state index in [1.807, 2.05) is 19.1 Å². The smallest absolute Gasteiger partial charge is 0.338 e. The number of thiophene rings is 1. The quantitative estimate of drug-likeness (QED) is 0.314. The molecule has 182 valence electrons. The predicted octanol–water partition coefficient (Wildman–Crippen LogP) is 4.32. The molecule has 2 aromatic heterocycles. The molecule has 5 rings (SSSR count). The fourth-order valence-corrected chi connectivity index (χ4v) is 5.32. The molecule has 0 bridgehead atoms. The van der Waals surface area contributed by atoms with Crippen molar-refractivity contribution in [3.8, 4) is 0 Å². The van der Waals surface area contributed by atoms with Crippen LogP contribution in [0.25, 0.3) is 10.2 Å². The van der Waals surface area contributed by atoms with Crippen molar-refractivity contribution in [1.82, 2.24) is 9.66 Å². The number of anilines is 1. The molecular weight excluding hydrogens is 476 g/mol. The van der Waals surface area contributed by atoms with Gasteiger partial charge in [-0.1, -0.05) is 29.8 Å². The molecule has 0 fully saturated rings. The monoisotopic (exact) mass is 500 g/mol. The average molecular weight is 501 g/mol. The molecule has 36 heavy (non-hydrogen) atoms. The lowest BCUT2D eigenvalue weighted by atomic mass is 9.97. The summed E-state index contributed by atoms with van der Waals surface area (Å²) in [5.74, 6) is -1.02. The first-order valence-electron chi connectivity index (χ1n) is 11.7. The van der Waals surface area contributed by atoms with E-state index in [0.717, 1.165) is 41.6 Å². The molecule has 4 aromatic rings. The number of ether oxygens (including phenoxy) is 1. The largest absolute Gasteiger partial charge is 0.452 e. The maximum atomic E-state index is 13.0. The number of aromatic nitrogens is 2. The summed E-state index contributed by atoms with van der Waals surface area (Å²) < 4.78 is 6.36. The number of nitrogens with zero attached hydrogens (tertiary/aromatic N) is 3. The highest BCUT2D eigenvalue weighted by Gasteiger charge is 2.19. The summed E-state index contributed by atoms with van der Waals surface area (Å²) in [6.45, 7) is 1.57. The fraction of sp³-hybridized carbons (Fsp3) is 0.222. The van der Waals surface area contributed by atoms with Crippen LogP contribution in [0.4, 0.5) is 5.69 Å². The number of carbonyl (C=O) groups is 2. The van der Waals surface area contributed by atoms with Crippen LogP contribution in [-0.2, 0) is 22.4 Å². The second kappa shape index (κ2) is 10.2. The zero-order valence-electron chi connectivity index (χ0n) is 19.7. The molecule has 0 saturated heterocycles. The minimum Gasteiger partial charge on any atom is -0.452 e. The molecule has 0 spiro atoms. The van der Waals surface area contributed by atoms with E-state index in [1.165, 1.54) is 22.1 Å². The topological polar surface area (TPSA) is 103 Å². The SMILES string of the molecule is Cc1ccc(NC(=O)COC(=O)c2ccc(/C=N/n3cnc4sc5c(c4c3=O)CCCC5)cc2)cc1. The molecule has 9 heteroatoms. The van der Waals surface area contributed by atoms with E-state index in [9.17, 15) is 14.4 Å². The lowest BCUT2D eigenvalue weighted by Gasteiger charge is -2.09. The third-order valence-corrected chi connectivity index (χ3v) is 7.21. The number of carbonyl (C=O) groups excluding carboxylic acids is 2. The molecule has 1 aliphatic rings. The predicted molar refractivity (Wildman–Crippen MR) is 140 cm³/mol. The molecule has 0 radical (unpaired) electrons. The third-order valence-electron chi connectivity index (χ3n) is 6.01. The van der Waals surface area contributed by atoms with Gasteiger partial charge < -0.3 is 10.1 Å². The Bertz CT molecular complexity index is 1520. The van der Waals surface area contributed by atoms with Crippen LogP contribution in [0.3, 0.4) is 0 Å². The van der Waals surface area contributed by atoms with Crippen molar-refractivity contribution in [1.29, 1.82) is 0 Å². The van der Waals surface area contributed by atoms with Gasteiger partial charge in [-0.05, 0) is 68.0 Å². The molecule has 1 N–H and O–H groups in total. The van der Waals surface area contributed by atoms with E-state index in [4.69, 9.17) is 4.74 Å². The van der Waals surface area contributed by atoms with Crippen molar-refractivity contribution in [3.63, 3.8) is 0 Å². The molecule has 0 unspecified atom stereocenters. The van der Waals surface area contributed by atoms with Gasteiger partial charge in [0.25, 0.3) is 11.5 Å². The number of hydrogen-bond donors (Lipinski definition) is 1. The van der Waals surface area contributed by atoms with E-state index in [2.05, 4.69) is 15.4 Å². The highest BCUT2D eigenvalue weighted by Crippen LogP contribution is 2.33. The minimum atomic E-state index is -0.606. The van der Waals surface area contributed by atoms with Gasteiger partial charge in [-0.2, -0.15) is 9.78 Å². The normalized spacial score (nSPS) is 13.0. The summed E-state index contributed by atoms with van der Waals surface area (Å²) in [7, 11) is 0. The first kappa shape index (κ1) is 23.6. The Labute approximate surface area is 211 Å². The number of fused-ring (bicyclic) bond motifs is 3. The number of benzene rings is 2. The van der Waals surface area contributed by atoms with Gasteiger partial charge >= 0.3 is 5.97 Å². The Kier molecular flexibility index (Phi) is 6.73. The summed E-state index contributed by atoms with van der Waals surface area (Å²) in [5.41, 5.74) is 3.68. The highest BCUT2D eigenvalue weighted by atomic mass is 32.1. The van der Waals surface area contributed by atoms with Crippen LogP contribution in [0, 0.1) is 6.92 Å². The Morgan fingerprint density at radius 2 is 1.86 bits per heavy atom. The molecule has 1 aliphatic carbocycles. The van der Waals surface area contributed by atoms with Crippen molar-refractivity contribution < 1.29 is 14.3 Å². The van der Waals surface area contributed by atoms with E-state index in [0.29, 0.717) is 22.2 Å². The first-order valence-corrected chi connectivity index (χ1v) is 12.5. The second-order valence-corrected chi connectivity index (χ2v) is 9.73. The number of amides is 1. The molecule has 1 amide bonds. The summed E-state index contributed by atoms with van der Waals surface area (Å²) in [6.07, 6.45) is 7.13. The lowest BCUT2D eigenvalue weighted by molar-refractivity contribution is -0.119. The number of aryl methyl sites for hydroxylation is 3. The number of esters is 1. The first-order chi connectivity index (χ1) is 17.5. The fourth-order valence-electron chi connectivity index (χ4n) is 4.10. The maximum absolute atomic E-state index is 13.0. The molecular formula is C27H24N4O4S. The molecule has 2 aromatic carbocycles. The molecule has 0 aliphatic heterocycles. The van der Waals surface area contributed by atoms with Gasteiger partial charge in [0, 0.05) is 10.6 Å². The summed E-state index contributed by atoms with van der Waals surface area (Å²) >= 11 is 1.60. The van der Waals surface area contributed by atoms with Gasteiger partial charge in [-0.15, -0.1) is 11.3 Å². The highest BCUT2D eigenvalue weighted by molar-refractivity contribution is 7.18. The van der Waals surface area contributed by atoms with Crippen LogP contribution in [-0.4, -0.2) is 34.4 Å². The molecule has 0 atom stereocenters. The van der Waals surface area contributed by atoms with Gasteiger partial charge in [-0.25, -0.2) is 9.78 Å². The zero-order valence-corrected chi connectivity index (χ0v) is 20.5. The molecule has 2 heterocycles. The van der Waals surface area contributed by atoms with Crippen LogP contribution >= 0.6 is 11.3 Å². The Hall–Kier alpha value is -4.11. The van der Waals surface area contributed by atoms with Crippen molar-refractivity contribution in [2.24, 2.45) is 5.10 Å². The van der Waals surface area contributed by atoms with E-state index in [1.54, 1.807) is 47.7 Å². The Balaban J connectivity index is 1.21. The summed E-state index contributed by atoms with van der Waals surface area (Å²) in [4.78, 5) is 43.8. The molecule has 8 nitrogen and oxygen atoms in total. The van der Waals surface area contributed by atoms with Gasteiger partial charge in [-0.3, -0.25) is 9.59 Å². The van der Waals surface area contributed by atoms with Gasteiger partial charge in [0.15, 0.2) is 6.61 Å². The van der Waals surface area contributed by atoms with Crippen LogP contribution in [0.5, 0.6) is 0 Å². The average Bonchev–Trinajstić information content (AvgIpc) is 3.28. The number of rotatable bonds is 6. The van der Waals surface area contributed by atoms with Crippen molar-refractivity contribution in [3.05, 3.63) is 92.3 Å². The van der Waals surface area contributed by atoms with Crippen LogP contribution in [0.2, 0.25) is 0 Å². The summed E-state index contributed by atoms with van der Waals surface area (Å²) in [5, 5.41) is 7.65. The zero-order chi connectivity index (χ0) is 25.1. The van der Waals surface area contributed by atoms with E-state index in [-0.39, 0.29) is 12.2 Å². The van der Waals surface area contributed by atoms with Crippen molar-refractivity contribution in [2.45, 2.75) is 32.6 Å². The van der Waals surface area contributed by atoms with Gasteiger partial charge in [0.2, 0.25) is 0 Å². The standard InChI is InChI=1S/C27H24N4O4S/c1-17-6-12-20(13-7-17)30-23(32)15-35-27(34)19-10-8-18(9-11-19)14-29-31-16-28-25-24(26(31)33)21-4-2-3-5-22(21)36-25/h6-14,16H,2-5,15H2,1H3,(H,30,32)/b29-14+.